The van der Waals surface area contributed by atoms with Crippen LogP contribution in [0.25, 0.3) is 4.96 Å². The Bertz CT molecular complexity index is 548. The SMILES string of the molecule is COC1CCN(c2nc3sccn3c2C=O)C1. The first kappa shape index (κ1) is 10.7. The highest BCUT2D eigenvalue weighted by Crippen LogP contribution is 2.26. The van der Waals surface area contributed by atoms with Gasteiger partial charge in [0.15, 0.2) is 17.1 Å². The second-order valence-electron chi connectivity index (χ2n) is 4.09. The molecular formula is C11H13N3O2S. The number of anilines is 1. The molecule has 0 N–H and O–H groups in total. The molecule has 1 atom stereocenters. The molecule has 1 fully saturated rings. The van der Waals surface area contributed by atoms with E-state index in [1.165, 1.54) is 11.3 Å². The number of nitrogens with zero attached hydrogens (tertiary/aromatic N) is 3. The third kappa shape index (κ3) is 1.64. The van der Waals surface area contributed by atoms with E-state index in [4.69, 9.17) is 4.74 Å². The van der Waals surface area contributed by atoms with Gasteiger partial charge in [0.25, 0.3) is 0 Å². The maximum absolute atomic E-state index is 11.2. The summed E-state index contributed by atoms with van der Waals surface area (Å²) >= 11 is 1.54. The van der Waals surface area contributed by atoms with Gasteiger partial charge in [-0.15, -0.1) is 11.3 Å². The number of ether oxygens (including phenoxy) is 1. The minimum absolute atomic E-state index is 0.245. The number of aldehydes is 1. The lowest BCUT2D eigenvalue weighted by molar-refractivity contribution is 0.111. The van der Waals surface area contributed by atoms with Crippen molar-refractivity contribution < 1.29 is 9.53 Å². The Labute approximate surface area is 103 Å². The molecule has 3 heterocycles. The van der Waals surface area contributed by atoms with Gasteiger partial charge in [0.2, 0.25) is 0 Å². The van der Waals surface area contributed by atoms with E-state index in [0.717, 1.165) is 36.6 Å². The van der Waals surface area contributed by atoms with E-state index < -0.39 is 0 Å². The summed E-state index contributed by atoms with van der Waals surface area (Å²) in [5.41, 5.74) is 0.637. The molecule has 3 rings (SSSR count). The van der Waals surface area contributed by atoms with Gasteiger partial charge in [-0.2, -0.15) is 0 Å². The molecule has 17 heavy (non-hydrogen) atoms. The van der Waals surface area contributed by atoms with Crippen molar-refractivity contribution in [3.63, 3.8) is 0 Å². The van der Waals surface area contributed by atoms with Crippen LogP contribution in [0, 0.1) is 0 Å². The number of hydrogen-bond acceptors (Lipinski definition) is 5. The molecule has 0 bridgehead atoms. The van der Waals surface area contributed by atoms with Crippen molar-refractivity contribution in [2.75, 3.05) is 25.1 Å². The molecule has 6 heteroatoms. The molecule has 0 radical (unpaired) electrons. The lowest BCUT2D eigenvalue weighted by atomic mass is 10.3. The summed E-state index contributed by atoms with van der Waals surface area (Å²) in [7, 11) is 1.72. The predicted octanol–water partition coefficient (Wildman–Crippen LogP) is 1.43. The highest BCUT2D eigenvalue weighted by molar-refractivity contribution is 7.15. The molecule has 90 valence electrons. The van der Waals surface area contributed by atoms with Crippen molar-refractivity contribution in [2.24, 2.45) is 0 Å². The van der Waals surface area contributed by atoms with E-state index in [1.807, 2.05) is 16.0 Å². The summed E-state index contributed by atoms with van der Waals surface area (Å²) in [4.78, 5) is 18.7. The minimum Gasteiger partial charge on any atom is -0.380 e. The first-order valence-electron chi connectivity index (χ1n) is 5.52. The third-order valence-electron chi connectivity index (χ3n) is 3.17. The van der Waals surface area contributed by atoms with Gasteiger partial charge in [-0.3, -0.25) is 9.20 Å². The molecule has 0 amide bonds. The van der Waals surface area contributed by atoms with Crippen LogP contribution in [0.3, 0.4) is 0 Å². The number of hydrogen-bond donors (Lipinski definition) is 0. The van der Waals surface area contributed by atoms with Crippen molar-refractivity contribution in [3.05, 3.63) is 17.3 Å². The zero-order chi connectivity index (χ0) is 11.8. The van der Waals surface area contributed by atoms with Crippen LogP contribution < -0.4 is 4.90 Å². The number of rotatable bonds is 3. The van der Waals surface area contributed by atoms with Crippen molar-refractivity contribution >= 4 is 28.4 Å². The number of aromatic nitrogens is 2. The maximum atomic E-state index is 11.2. The second-order valence-corrected chi connectivity index (χ2v) is 4.96. The van der Waals surface area contributed by atoms with Gasteiger partial charge in [0.1, 0.15) is 5.69 Å². The van der Waals surface area contributed by atoms with Gasteiger partial charge in [0, 0.05) is 31.8 Å². The van der Waals surface area contributed by atoms with E-state index in [9.17, 15) is 4.79 Å². The average molecular weight is 251 g/mol. The minimum atomic E-state index is 0.245. The highest BCUT2D eigenvalue weighted by atomic mass is 32.1. The Morgan fingerprint density at radius 3 is 3.24 bits per heavy atom. The molecule has 2 aromatic heterocycles. The summed E-state index contributed by atoms with van der Waals surface area (Å²) in [6.45, 7) is 1.70. The zero-order valence-corrected chi connectivity index (χ0v) is 10.3. The zero-order valence-electron chi connectivity index (χ0n) is 9.50. The predicted molar refractivity (Wildman–Crippen MR) is 66.1 cm³/mol. The Kier molecular flexibility index (Phi) is 2.60. The van der Waals surface area contributed by atoms with Crippen LogP contribution in [0.15, 0.2) is 11.6 Å². The van der Waals surface area contributed by atoms with Crippen LogP contribution >= 0.6 is 11.3 Å². The van der Waals surface area contributed by atoms with Crippen molar-refractivity contribution in [1.29, 1.82) is 0 Å². The fourth-order valence-electron chi connectivity index (χ4n) is 2.25. The van der Waals surface area contributed by atoms with Gasteiger partial charge in [-0.1, -0.05) is 0 Å². The summed E-state index contributed by atoms with van der Waals surface area (Å²) in [5, 5.41) is 1.93. The van der Waals surface area contributed by atoms with Crippen LogP contribution in [0.4, 0.5) is 5.82 Å². The lowest BCUT2D eigenvalue weighted by Gasteiger charge is -2.15. The smallest absolute Gasteiger partial charge is 0.196 e. The molecule has 5 nitrogen and oxygen atoms in total. The summed E-state index contributed by atoms with van der Waals surface area (Å²) in [5.74, 6) is 0.784. The largest absolute Gasteiger partial charge is 0.380 e. The molecule has 0 spiro atoms. The molecule has 2 aromatic rings. The normalized spacial score (nSPS) is 20.3. The van der Waals surface area contributed by atoms with E-state index in [0.29, 0.717) is 5.69 Å². The topological polar surface area (TPSA) is 46.8 Å². The first-order chi connectivity index (χ1) is 8.33. The van der Waals surface area contributed by atoms with Crippen molar-refractivity contribution in [2.45, 2.75) is 12.5 Å². The van der Waals surface area contributed by atoms with Gasteiger partial charge in [-0.25, -0.2) is 4.98 Å². The molecule has 0 saturated carbocycles. The van der Waals surface area contributed by atoms with Crippen molar-refractivity contribution in [1.82, 2.24) is 9.38 Å². The number of imidazole rings is 1. The van der Waals surface area contributed by atoms with Crippen molar-refractivity contribution in [3.8, 4) is 0 Å². The summed E-state index contributed by atoms with van der Waals surface area (Å²) in [6.07, 6.45) is 3.99. The Hall–Kier alpha value is -1.40. The highest BCUT2D eigenvalue weighted by Gasteiger charge is 2.27. The fourth-order valence-corrected chi connectivity index (χ4v) is 2.96. The molecule has 0 aliphatic carbocycles. The van der Waals surface area contributed by atoms with Crippen LogP contribution in [0.5, 0.6) is 0 Å². The molecule has 1 unspecified atom stereocenters. The number of fused-ring (bicyclic) bond motifs is 1. The van der Waals surface area contributed by atoms with Crippen LogP contribution in [0.2, 0.25) is 0 Å². The molecule has 0 aromatic carbocycles. The standard InChI is InChI=1S/C11H13N3O2S/c1-16-8-2-3-13(6-8)10-9(7-15)14-4-5-17-11(14)12-10/h4-5,7-8H,2-3,6H2,1H3. The molecule has 1 aliphatic heterocycles. The Morgan fingerprint density at radius 1 is 1.65 bits per heavy atom. The fraction of sp³-hybridized carbons (Fsp3) is 0.455. The molecule has 1 aliphatic rings. The maximum Gasteiger partial charge on any atom is 0.196 e. The van der Waals surface area contributed by atoms with Crippen LogP contribution in [-0.2, 0) is 4.74 Å². The van der Waals surface area contributed by atoms with E-state index in [1.54, 1.807) is 7.11 Å². The number of carbonyl (C=O) groups excluding carboxylic acids is 1. The van der Waals surface area contributed by atoms with Gasteiger partial charge in [0.05, 0.1) is 6.10 Å². The quantitative estimate of drug-likeness (QED) is 0.774. The number of methoxy groups -OCH3 is 1. The van der Waals surface area contributed by atoms with Gasteiger partial charge >= 0.3 is 0 Å². The first-order valence-corrected chi connectivity index (χ1v) is 6.40. The lowest BCUT2D eigenvalue weighted by Crippen LogP contribution is -2.23. The van der Waals surface area contributed by atoms with E-state index >= 15 is 0 Å². The molecular weight excluding hydrogens is 238 g/mol. The van der Waals surface area contributed by atoms with Crippen LogP contribution in [-0.4, -0.2) is 42.0 Å². The van der Waals surface area contributed by atoms with E-state index in [-0.39, 0.29) is 6.10 Å². The Balaban J connectivity index is 1.99. The molecule has 1 saturated heterocycles. The van der Waals surface area contributed by atoms with Gasteiger partial charge in [-0.05, 0) is 6.42 Å². The van der Waals surface area contributed by atoms with Gasteiger partial charge < -0.3 is 9.64 Å². The summed E-state index contributed by atoms with van der Waals surface area (Å²) < 4.78 is 7.17. The Morgan fingerprint density at radius 2 is 2.53 bits per heavy atom. The van der Waals surface area contributed by atoms with Crippen LogP contribution in [0.1, 0.15) is 16.9 Å². The monoisotopic (exact) mass is 251 g/mol. The summed E-state index contributed by atoms with van der Waals surface area (Å²) in [6, 6.07) is 0. The number of thiazole rings is 1. The van der Waals surface area contributed by atoms with E-state index in [2.05, 4.69) is 9.88 Å². The second kappa shape index (κ2) is 4.12. The third-order valence-corrected chi connectivity index (χ3v) is 3.93. The average Bonchev–Trinajstić information content (AvgIpc) is 3.02. The number of carbonyl (C=O) groups is 1.